The van der Waals surface area contributed by atoms with E-state index in [1.807, 2.05) is 0 Å². The summed E-state index contributed by atoms with van der Waals surface area (Å²) in [6, 6.07) is 2.24. The van der Waals surface area contributed by atoms with Crippen molar-refractivity contribution in [3.63, 3.8) is 0 Å². The zero-order valence-electron chi connectivity index (χ0n) is 12.9. The minimum atomic E-state index is 0.660. The molecule has 18 heavy (non-hydrogen) atoms. The third kappa shape index (κ3) is 2.75. The highest BCUT2D eigenvalue weighted by atomic mass is 15.3. The molecular formula is C16H32N2. The molecule has 0 amide bonds. The quantitative estimate of drug-likeness (QED) is 0.830. The predicted molar refractivity (Wildman–Crippen MR) is 78.8 cm³/mol. The van der Waals surface area contributed by atoms with Crippen molar-refractivity contribution in [1.29, 1.82) is 0 Å². The number of nitrogens with zero attached hydrogens (tertiary/aromatic N) is 1. The summed E-state index contributed by atoms with van der Waals surface area (Å²) >= 11 is 0. The van der Waals surface area contributed by atoms with Gasteiger partial charge < -0.3 is 5.32 Å². The van der Waals surface area contributed by atoms with E-state index in [0.29, 0.717) is 6.04 Å². The Morgan fingerprint density at radius 3 is 2.50 bits per heavy atom. The van der Waals surface area contributed by atoms with Gasteiger partial charge in [-0.25, -0.2) is 0 Å². The van der Waals surface area contributed by atoms with Crippen LogP contribution in [0, 0.1) is 17.8 Å². The molecule has 0 spiro atoms. The van der Waals surface area contributed by atoms with Crippen LogP contribution < -0.4 is 5.32 Å². The second-order valence-corrected chi connectivity index (χ2v) is 6.99. The standard InChI is InChI=1S/C16H32N2/c1-6-14-7-8-15(13(14)5)18-10-12(4)17-9-16(18)11(2)3/h11-17H,6-10H2,1-5H3. The Bertz CT molecular complexity index is 264. The van der Waals surface area contributed by atoms with Crippen molar-refractivity contribution >= 4 is 0 Å². The topological polar surface area (TPSA) is 15.3 Å². The van der Waals surface area contributed by atoms with Gasteiger partial charge in [0.05, 0.1) is 0 Å². The Balaban J connectivity index is 2.08. The molecule has 2 fully saturated rings. The largest absolute Gasteiger partial charge is 0.311 e. The van der Waals surface area contributed by atoms with E-state index in [-0.39, 0.29) is 0 Å². The van der Waals surface area contributed by atoms with E-state index >= 15 is 0 Å². The van der Waals surface area contributed by atoms with Crippen molar-refractivity contribution in [3.05, 3.63) is 0 Å². The average Bonchev–Trinajstić information content (AvgIpc) is 2.69. The highest BCUT2D eigenvalue weighted by molar-refractivity contribution is 4.95. The minimum Gasteiger partial charge on any atom is -0.311 e. The van der Waals surface area contributed by atoms with E-state index in [4.69, 9.17) is 0 Å². The van der Waals surface area contributed by atoms with Gasteiger partial charge in [-0.2, -0.15) is 0 Å². The summed E-state index contributed by atoms with van der Waals surface area (Å²) in [6.07, 6.45) is 4.24. The Morgan fingerprint density at radius 1 is 1.22 bits per heavy atom. The van der Waals surface area contributed by atoms with Crippen molar-refractivity contribution in [2.75, 3.05) is 13.1 Å². The Morgan fingerprint density at radius 2 is 1.94 bits per heavy atom. The van der Waals surface area contributed by atoms with Gasteiger partial charge in [0.1, 0.15) is 0 Å². The lowest BCUT2D eigenvalue weighted by molar-refractivity contribution is 0.0406. The van der Waals surface area contributed by atoms with Gasteiger partial charge in [-0.3, -0.25) is 4.90 Å². The van der Waals surface area contributed by atoms with Gasteiger partial charge in [0.15, 0.2) is 0 Å². The third-order valence-electron chi connectivity index (χ3n) is 5.49. The van der Waals surface area contributed by atoms with Crippen molar-refractivity contribution in [2.24, 2.45) is 17.8 Å². The van der Waals surface area contributed by atoms with Crippen LogP contribution in [0.2, 0.25) is 0 Å². The fourth-order valence-electron chi connectivity index (χ4n) is 4.22. The van der Waals surface area contributed by atoms with E-state index in [1.165, 1.54) is 32.4 Å². The summed E-state index contributed by atoms with van der Waals surface area (Å²) in [5, 5.41) is 3.67. The molecule has 106 valence electrons. The molecule has 1 saturated heterocycles. The van der Waals surface area contributed by atoms with E-state index in [0.717, 1.165) is 29.8 Å². The molecule has 1 N–H and O–H groups in total. The molecule has 1 heterocycles. The zero-order valence-corrected chi connectivity index (χ0v) is 12.9. The molecule has 0 aromatic heterocycles. The van der Waals surface area contributed by atoms with Crippen LogP contribution >= 0.6 is 0 Å². The third-order valence-corrected chi connectivity index (χ3v) is 5.49. The van der Waals surface area contributed by atoms with Crippen LogP contribution in [0.5, 0.6) is 0 Å². The first kappa shape index (κ1) is 14.3. The van der Waals surface area contributed by atoms with Crippen LogP contribution in [0.4, 0.5) is 0 Å². The van der Waals surface area contributed by atoms with Gasteiger partial charge in [0.2, 0.25) is 0 Å². The van der Waals surface area contributed by atoms with E-state index < -0.39 is 0 Å². The van der Waals surface area contributed by atoms with Gasteiger partial charge in [-0.1, -0.05) is 34.1 Å². The van der Waals surface area contributed by atoms with Gasteiger partial charge in [0.25, 0.3) is 0 Å². The van der Waals surface area contributed by atoms with Crippen molar-refractivity contribution in [3.8, 4) is 0 Å². The lowest BCUT2D eigenvalue weighted by atomic mass is 9.89. The summed E-state index contributed by atoms with van der Waals surface area (Å²) in [5.41, 5.74) is 0. The lowest BCUT2D eigenvalue weighted by Crippen LogP contribution is -2.60. The lowest BCUT2D eigenvalue weighted by Gasteiger charge is -2.46. The maximum Gasteiger partial charge on any atom is 0.0247 e. The molecule has 2 heteroatoms. The first-order chi connectivity index (χ1) is 8.54. The number of piperazine rings is 1. The maximum atomic E-state index is 3.67. The van der Waals surface area contributed by atoms with Crippen LogP contribution in [-0.4, -0.2) is 36.1 Å². The molecule has 0 aromatic carbocycles. The molecule has 1 aliphatic carbocycles. The first-order valence-corrected chi connectivity index (χ1v) is 8.03. The first-order valence-electron chi connectivity index (χ1n) is 8.03. The number of hydrogen-bond acceptors (Lipinski definition) is 2. The number of rotatable bonds is 3. The Kier molecular flexibility index (Phi) is 4.71. The Labute approximate surface area is 114 Å². The van der Waals surface area contributed by atoms with E-state index in [9.17, 15) is 0 Å². The summed E-state index contributed by atoms with van der Waals surface area (Å²) in [4.78, 5) is 2.85. The maximum absolute atomic E-state index is 3.67. The van der Waals surface area contributed by atoms with E-state index in [2.05, 4.69) is 44.8 Å². The second kappa shape index (κ2) is 5.92. The summed E-state index contributed by atoms with van der Waals surface area (Å²) in [5.74, 6) is 2.62. The molecule has 2 rings (SSSR count). The molecule has 0 bridgehead atoms. The average molecular weight is 252 g/mol. The minimum absolute atomic E-state index is 0.660. The van der Waals surface area contributed by atoms with Crippen LogP contribution in [0.15, 0.2) is 0 Å². The molecule has 2 nitrogen and oxygen atoms in total. The fourth-order valence-corrected chi connectivity index (χ4v) is 4.22. The molecule has 0 radical (unpaired) electrons. The number of hydrogen-bond donors (Lipinski definition) is 1. The van der Waals surface area contributed by atoms with Crippen LogP contribution in [-0.2, 0) is 0 Å². The molecule has 5 unspecified atom stereocenters. The normalized spacial score (nSPS) is 42.7. The Hall–Kier alpha value is -0.0800. The van der Waals surface area contributed by atoms with Crippen molar-refractivity contribution < 1.29 is 0 Å². The monoisotopic (exact) mass is 252 g/mol. The molecule has 5 atom stereocenters. The van der Waals surface area contributed by atoms with E-state index in [1.54, 1.807) is 0 Å². The molecule has 1 aliphatic heterocycles. The van der Waals surface area contributed by atoms with Gasteiger partial charge in [0, 0.05) is 31.2 Å². The van der Waals surface area contributed by atoms with Crippen molar-refractivity contribution in [1.82, 2.24) is 10.2 Å². The summed E-state index contributed by atoms with van der Waals surface area (Å²) in [7, 11) is 0. The van der Waals surface area contributed by atoms with Gasteiger partial charge in [-0.05, 0) is 37.5 Å². The smallest absolute Gasteiger partial charge is 0.0247 e. The molecular weight excluding hydrogens is 220 g/mol. The SMILES string of the molecule is CCC1CCC(N2CC(C)NCC2C(C)C)C1C. The summed E-state index contributed by atoms with van der Waals surface area (Å²) in [6.45, 7) is 14.4. The van der Waals surface area contributed by atoms with Crippen LogP contribution in [0.3, 0.4) is 0 Å². The molecule has 0 aromatic rings. The number of nitrogens with one attached hydrogen (secondary N) is 1. The fraction of sp³-hybridized carbons (Fsp3) is 1.00. The second-order valence-electron chi connectivity index (χ2n) is 6.99. The van der Waals surface area contributed by atoms with Crippen LogP contribution in [0.25, 0.3) is 0 Å². The zero-order chi connectivity index (χ0) is 13.3. The predicted octanol–water partition coefficient (Wildman–Crippen LogP) is 3.13. The molecule has 2 aliphatic rings. The summed E-state index contributed by atoms with van der Waals surface area (Å²) < 4.78 is 0. The highest BCUT2D eigenvalue weighted by Gasteiger charge is 2.40. The van der Waals surface area contributed by atoms with Crippen molar-refractivity contribution in [2.45, 2.75) is 72.0 Å². The van der Waals surface area contributed by atoms with Gasteiger partial charge in [-0.15, -0.1) is 0 Å². The highest BCUT2D eigenvalue weighted by Crippen LogP contribution is 2.38. The molecule has 1 saturated carbocycles. The van der Waals surface area contributed by atoms with Crippen LogP contribution in [0.1, 0.15) is 53.9 Å². The van der Waals surface area contributed by atoms with Gasteiger partial charge >= 0.3 is 0 Å².